The Kier molecular flexibility index (Phi) is 4.50. The molecular weight excluding hydrogens is 340 g/mol. The van der Waals surface area contributed by atoms with Gasteiger partial charge in [0.2, 0.25) is 0 Å². The maximum absolute atomic E-state index is 12.2. The van der Waals surface area contributed by atoms with Gasteiger partial charge in [-0.3, -0.25) is 9.59 Å². The topological polar surface area (TPSA) is 63.6 Å². The molecule has 4 aliphatic carbocycles. The van der Waals surface area contributed by atoms with Gasteiger partial charge in [0.15, 0.2) is 5.78 Å². The van der Waals surface area contributed by atoms with Crippen LogP contribution in [-0.4, -0.2) is 28.6 Å². The zero-order valence-corrected chi connectivity index (χ0v) is 16.4. The van der Waals surface area contributed by atoms with E-state index in [2.05, 4.69) is 12.8 Å². The van der Waals surface area contributed by atoms with Crippen LogP contribution in [0.15, 0.2) is 11.6 Å². The van der Waals surface area contributed by atoms with Crippen molar-refractivity contribution >= 4 is 11.8 Å². The normalized spacial score (nSPS) is 45.8. The predicted octanol–water partition coefficient (Wildman–Crippen LogP) is 3.42. The van der Waals surface area contributed by atoms with E-state index in [1.165, 1.54) is 12.5 Å². The van der Waals surface area contributed by atoms with Crippen molar-refractivity contribution in [1.29, 1.82) is 0 Å². The Morgan fingerprint density at radius 2 is 2.11 bits per heavy atom. The molecule has 0 aliphatic heterocycles. The van der Waals surface area contributed by atoms with Crippen LogP contribution in [0.4, 0.5) is 0 Å². The molecule has 0 aromatic heterocycles. The van der Waals surface area contributed by atoms with Crippen molar-refractivity contribution in [2.75, 3.05) is 0 Å². The van der Waals surface area contributed by atoms with Gasteiger partial charge in [0, 0.05) is 24.7 Å². The number of carbonyl (C=O) groups is 2. The van der Waals surface area contributed by atoms with Gasteiger partial charge >= 0.3 is 5.97 Å². The van der Waals surface area contributed by atoms with Gasteiger partial charge in [0.1, 0.15) is 11.7 Å². The number of ether oxygens (including phenoxy) is 1. The van der Waals surface area contributed by atoms with E-state index in [9.17, 15) is 14.7 Å². The fraction of sp³-hybridized carbons (Fsp3) is 0.739. The van der Waals surface area contributed by atoms with Crippen LogP contribution in [0.25, 0.3) is 0 Å². The largest absolute Gasteiger partial charge is 0.461 e. The van der Waals surface area contributed by atoms with Crippen molar-refractivity contribution in [3.8, 4) is 12.3 Å². The first-order valence-electron chi connectivity index (χ1n) is 10.5. The van der Waals surface area contributed by atoms with Crippen molar-refractivity contribution in [3.63, 3.8) is 0 Å². The van der Waals surface area contributed by atoms with E-state index in [4.69, 9.17) is 11.2 Å². The molecule has 0 aromatic rings. The maximum atomic E-state index is 12.2. The highest BCUT2D eigenvalue weighted by atomic mass is 16.5. The number of terminal acetylenes is 1. The molecule has 0 aromatic carbocycles. The summed E-state index contributed by atoms with van der Waals surface area (Å²) in [5, 5.41) is 11.2. The Bertz CT molecular complexity index is 731. The number of esters is 1. The number of fused-ring (bicyclic) bond motifs is 5. The van der Waals surface area contributed by atoms with Gasteiger partial charge in [-0.05, 0) is 68.8 Å². The quantitative estimate of drug-likeness (QED) is 0.597. The monoisotopic (exact) mass is 370 g/mol. The van der Waals surface area contributed by atoms with E-state index in [0.29, 0.717) is 30.6 Å². The number of rotatable bonds is 2. The van der Waals surface area contributed by atoms with Crippen molar-refractivity contribution < 1.29 is 19.4 Å². The number of aliphatic hydroxyl groups is 1. The average molecular weight is 370 g/mol. The van der Waals surface area contributed by atoms with Crippen LogP contribution in [-0.2, 0) is 14.3 Å². The van der Waals surface area contributed by atoms with Gasteiger partial charge in [-0.1, -0.05) is 18.4 Å². The van der Waals surface area contributed by atoms with Gasteiger partial charge in [-0.2, -0.15) is 0 Å². The lowest BCUT2D eigenvalue weighted by atomic mass is 9.49. The summed E-state index contributed by atoms with van der Waals surface area (Å²) in [6, 6.07) is 0. The minimum absolute atomic E-state index is 0.0761. The fourth-order valence-electron chi connectivity index (χ4n) is 7.33. The van der Waals surface area contributed by atoms with Gasteiger partial charge in [0.05, 0.1) is 0 Å². The van der Waals surface area contributed by atoms with Crippen LogP contribution in [0.3, 0.4) is 0 Å². The number of hydrogen-bond acceptors (Lipinski definition) is 4. The molecular formula is C23H30O4. The molecule has 1 N–H and O–H groups in total. The van der Waals surface area contributed by atoms with Crippen molar-refractivity contribution in [2.45, 2.75) is 76.9 Å². The van der Waals surface area contributed by atoms with Crippen molar-refractivity contribution in [3.05, 3.63) is 11.6 Å². The first-order chi connectivity index (χ1) is 12.8. The standard InChI is InChI=1S/C23H30O4/c1-4-22-10-8-18-17(19(22)9-11-23(22,26)5-2)7-6-15-12-16(25)13-20(21(15)18)27-14(3)24/h2,12,17-21,26H,4,6-11,13H2,1,3H3/t17-,18+,19+,20-,21+,22+,23+/m1/s1. The minimum Gasteiger partial charge on any atom is -0.461 e. The van der Waals surface area contributed by atoms with E-state index < -0.39 is 5.60 Å². The molecule has 3 fully saturated rings. The average Bonchev–Trinajstić information content (AvgIpc) is 2.94. The summed E-state index contributed by atoms with van der Waals surface area (Å²) < 4.78 is 5.62. The molecule has 7 atom stereocenters. The molecule has 27 heavy (non-hydrogen) atoms. The predicted molar refractivity (Wildman–Crippen MR) is 101 cm³/mol. The zero-order valence-electron chi connectivity index (χ0n) is 16.4. The van der Waals surface area contributed by atoms with Crippen LogP contribution in [0.2, 0.25) is 0 Å². The minimum atomic E-state index is -0.995. The van der Waals surface area contributed by atoms with Crippen LogP contribution in [0.1, 0.15) is 65.2 Å². The molecule has 0 unspecified atom stereocenters. The summed E-state index contributed by atoms with van der Waals surface area (Å²) >= 11 is 0. The highest BCUT2D eigenvalue weighted by Crippen LogP contribution is 2.66. The molecule has 0 saturated heterocycles. The third kappa shape index (κ3) is 2.62. The molecule has 4 rings (SSSR count). The van der Waals surface area contributed by atoms with Crippen LogP contribution in [0, 0.1) is 41.4 Å². The lowest BCUT2D eigenvalue weighted by Gasteiger charge is -2.56. The molecule has 0 heterocycles. The Morgan fingerprint density at radius 3 is 2.78 bits per heavy atom. The highest BCUT2D eigenvalue weighted by Gasteiger charge is 2.64. The van der Waals surface area contributed by atoms with Crippen LogP contribution in [0.5, 0.6) is 0 Å². The molecule has 0 bridgehead atoms. The van der Waals surface area contributed by atoms with E-state index >= 15 is 0 Å². The fourth-order valence-corrected chi connectivity index (χ4v) is 7.33. The maximum Gasteiger partial charge on any atom is 0.302 e. The molecule has 0 spiro atoms. The lowest BCUT2D eigenvalue weighted by Crippen LogP contribution is -2.55. The van der Waals surface area contributed by atoms with Crippen molar-refractivity contribution in [2.24, 2.45) is 29.1 Å². The van der Waals surface area contributed by atoms with E-state index in [1.807, 2.05) is 6.08 Å². The smallest absolute Gasteiger partial charge is 0.302 e. The van der Waals surface area contributed by atoms with E-state index in [-0.39, 0.29) is 29.2 Å². The van der Waals surface area contributed by atoms with Gasteiger partial charge in [0.25, 0.3) is 0 Å². The highest BCUT2D eigenvalue weighted by molar-refractivity contribution is 5.92. The molecule has 4 aliphatic rings. The summed E-state index contributed by atoms with van der Waals surface area (Å²) in [7, 11) is 0. The zero-order chi connectivity index (χ0) is 19.4. The number of carbonyl (C=O) groups excluding carboxylic acids is 2. The summed E-state index contributed by atoms with van der Waals surface area (Å²) in [4.78, 5) is 23.8. The molecule has 4 nitrogen and oxygen atoms in total. The van der Waals surface area contributed by atoms with Crippen molar-refractivity contribution in [1.82, 2.24) is 0 Å². The summed E-state index contributed by atoms with van der Waals surface area (Å²) in [5.41, 5.74) is -0.00963. The molecule has 146 valence electrons. The molecule has 0 amide bonds. The Morgan fingerprint density at radius 1 is 1.33 bits per heavy atom. The van der Waals surface area contributed by atoms with Crippen LogP contribution < -0.4 is 0 Å². The SMILES string of the molecule is C#C[C@]1(O)CC[C@H]2[C@@H]3CCC4=CC(=O)C[C@@H](OC(C)=O)[C@@H]4[C@H]3CC[C@@]21CC. The first kappa shape index (κ1) is 18.7. The van der Waals surface area contributed by atoms with Gasteiger partial charge in [-0.25, -0.2) is 0 Å². The third-order valence-electron chi connectivity index (χ3n) is 8.33. The third-order valence-corrected chi connectivity index (χ3v) is 8.33. The molecule has 0 radical (unpaired) electrons. The first-order valence-corrected chi connectivity index (χ1v) is 10.5. The van der Waals surface area contributed by atoms with E-state index in [0.717, 1.165) is 38.5 Å². The second-order valence-electron chi connectivity index (χ2n) is 9.13. The Hall–Kier alpha value is -1.60. The van der Waals surface area contributed by atoms with Crippen LogP contribution >= 0.6 is 0 Å². The number of hydrogen-bond donors (Lipinski definition) is 1. The summed E-state index contributed by atoms with van der Waals surface area (Å²) in [5.74, 6) is 3.98. The molecule has 4 heteroatoms. The van der Waals surface area contributed by atoms with Gasteiger partial charge in [-0.15, -0.1) is 6.42 Å². The molecule has 3 saturated carbocycles. The van der Waals surface area contributed by atoms with E-state index in [1.54, 1.807) is 0 Å². The second kappa shape index (κ2) is 6.48. The number of ketones is 1. The Labute approximate surface area is 161 Å². The summed E-state index contributed by atoms with van der Waals surface area (Å²) in [6.07, 6.45) is 14.0. The second-order valence-corrected chi connectivity index (χ2v) is 9.13. The Balaban J connectivity index is 1.68. The lowest BCUT2D eigenvalue weighted by molar-refractivity contribution is -0.156. The summed E-state index contributed by atoms with van der Waals surface area (Å²) in [6.45, 7) is 3.59. The van der Waals surface area contributed by atoms with Gasteiger partial charge < -0.3 is 9.84 Å².